The van der Waals surface area contributed by atoms with Gasteiger partial charge < -0.3 is 24.8 Å². The summed E-state index contributed by atoms with van der Waals surface area (Å²) < 4.78 is 15.4. The lowest BCUT2D eigenvalue weighted by Gasteiger charge is -2.22. The summed E-state index contributed by atoms with van der Waals surface area (Å²) in [6, 6.07) is 1.86. The number of hydrogen-bond acceptors (Lipinski definition) is 17. The van der Waals surface area contributed by atoms with Crippen molar-refractivity contribution < 1.29 is 14.2 Å². The van der Waals surface area contributed by atoms with Crippen molar-refractivity contribution in [3.8, 4) is 0 Å². The second-order valence-corrected chi connectivity index (χ2v) is 28.7. The monoisotopic (exact) mass is 1480 g/mol. The average molecular weight is 1480 g/mol. The minimum atomic E-state index is 0.405. The van der Waals surface area contributed by atoms with Crippen LogP contribution in [0.25, 0.3) is 0 Å². The molecule has 99 heavy (non-hydrogen) atoms. The standard InChI is InChI=1S/C8H14O.2C7H14N2.2C7H13NO.4C7H13NS.9C2H6/c1-7(2)8-3-5-9-6-4-8;1-6(2)7-3-4-8-5-9-7;1-6(2)7-8-4-3-5-9-7;1-6(2)7-3-8-5-9-4-7;1-6(2)7-3-4-8-5-9-7;1-6(2)7-3-8-5-9-4-7;2*1-6(2)7-3-4-9-5-8-7;1-6(2)7-8-4-3-5-9-7;9*1-2/h3,5,7-8H,4,6H2,1-2H3;5-7H,3-4H2,1-2H3,(H,8,9);6H,3-5H2,1-2H3,(H,8,9);5*5-7H,3-4H2,1-2H3;6H,3-5H2,1-2H3;9*1-2H3. The molecule has 9 heterocycles. The van der Waals surface area contributed by atoms with Gasteiger partial charge in [-0.2, -0.15) is 0 Å². The molecule has 0 aromatic carbocycles. The zero-order valence-corrected chi connectivity index (χ0v) is 75.7. The molecule has 9 rings (SSSR count). The van der Waals surface area contributed by atoms with Crippen molar-refractivity contribution in [1.82, 2.24) is 10.6 Å². The molecule has 0 saturated heterocycles. The predicted molar refractivity (Wildman–Crippen MR) is 472 cm³/mol. The molecule has 13 nitrogen and oxygen atoms in total. The van der Waals surface area contributed by atoms with Crippen LogP contribution in [0.4, 0.5) is 0 Å². The Labute approximate surface area is 638 Å². The Morgan fingerprint density at radius 3 is 1.21 bits per heavy atom. The largest absolute Gasteiger partial charge is 0.501 e. The number of rotatable bonds is 9. The molecule has 0 aromatic rings. The fourth-order valence-corrected chi connectivity index (χ4v) is 11.9. The van der Waals surface area contributed by atoms with Crippen LogP contribution in [0, 0.1) is 71.0 Å². The highest BCUT2D eigenvalue weighted by Gasteiger charge is 2.19. The number of aliphatic imine (C=N–C) groups is 8. The molecular formula is C82H174N10O3S4. The molecule has 0 bridgehead atoms. The van der Waals surface area contributed by atoms with E-state index in [2.05, 4.69) is 181 Å². The van der Waals surface area contributed by atoms with Crippen LogP contribution in [-0.2, 0) is 14.2 Å². The van der Waals surface area contributed by atoms with Crippen molar-refractivity contribution in [1.29, 1.82) is 0 Å². The quantitative estimate of drug-likeness (QED) is 0.230. The van der Waals surface area contributed by atoms with Gasteiger partial charge in [0.15, 0.2) is 12.8 Å². The molecule has 0 aromatic heterocycles. The Hall–Kier alpha value is -2.50. The van der Waals surface area contributed by atoms with Crippen LogP contribution in [0.15, 0.2) is 52.3 Å². The summed E-state index contributed by atoms with van der Waals surface area (Å²) in [6.45, 7) is 84.8. The van der Waals surface area contributed by atoms with E-state index < -0.39 is 0 Å². The van der Waals surface area contributed by atoms with Gasteiger partial charge >= 0.3 is 0 Å². The number of nitrogens with zero attached hydrogens (tertiary/aromatic N) is 8. The highest BCUT2D eigenvalue weighted by molar-refractivity contribution is 8.14. The zero-order chi connectivity index (χ0) is 78.2. The smallest absolute Gasteiger partial charge is 0.169 e. The van der Waals surface area contributed by atoms with E-state index in [0.29, 0.717) is 53.8 Å². The van der Waals surface area contributed by atoms with Crippen molar-refractivity contribution >= 4 is 93.7 Å². The number of nitrogens with one attached hydrogen (secondary N) is 2. The maximum absolute atomic E-state index is 5.25. The topological polar surface area (TPSA) is 151 Å². The molecule has 9 aliphatic heterocycles. The van der Waals surface area contributed by atoms with E-state index in [1.807, 2.05) is 201 Å². The van der Waals surface area contributed by atoms with Gasteiger partial charge in [-0.1, -0.05) is 249 Å². The SMILES string of the molecule is CC.CC.CC.CC.CC.CC.CC.CC.CC.CC(C)C1=NCCCN1.CC(C)C1=NCCCS1.CC(C)C1C=COCC1.CC(C)C1CCN=CN1.CC(C)C1CCN=CO1.CC(C)C1CCSC=N1.CC(C)C1CCSC=N1.CC(C)C1CN=COC1.CC(C)C1CN=CSC1. The van der Waals surface area contributed by atoms with Crippen LogP contribution >= 0.6 is 47.0 Å². The number of amidine groups is 1. The van der Waals surface area contributed by atoms with Crippen molar-refractivity contribution in [3.05, 3.63) is 12.3 Å². The third-order valence-corrected chi connectivity index (χ3v) is 18.5. The van der Waals surface area contributed by atoms with Gasteiger partial charge in [-0.05, 0) is 97.9 Å². The molecule has 0 aliphatic carbocycles. The molecule has 7 unspecified atom stereocenters. The first-order valence-corrected chi connectivity index (χ1v) is 44.5. The normalized spacial score (nSPS) is 21.1. The summed E-state index contributed by atoms with van der Waals surface area (Å²) in [5, 5.41) is 7.84. The van der Waals surface area contributed by atoms with Gasteiger partial charge in [0.2, 0.25) is 0 Å². The zero-order valence-electron chi connectivity index (χ0n) is 72.4. The lowest BCUT2D eigenvalue weighted by atomic mass is 9.92. The van der Waals surface area contributed by atoms with Gasteiger partial charge in [0.1, 0.15) is 6.10 Å². The molecule has 0 spiro atoms. The van der Waals surface area contributed by atoms with Crippen molar-refractivity contribution in [3.63, 3.8) is 0 Å². The third-order valence-electron chi connectivity index (χ3n) is 14.7. The van der Waals surface area contributed by atoms with E-state index in [1.54, 1.807) is 12.8 Å². The van der Waals surface area contributed by atoms with Crippen LogP contribution in [0.2, 0.25) is 0 Å². The second-order valence-electron chi connectivity index (χ2n) is 24.8. The summed E-state index contributed by atoms with van der Waals surface area (Å²) in [6.07, 6.45) is 17.8. The molecule has 9 aliphatic rings. The molecule has 7 atom stereocenters. The van der Waals surface area contributed by atoms with Gasteiger partial charge in [-0.3, -0.25) is 39.9 Å². The summed E-state index contributed by atoms with van der Waals surface area (Å²) in [5.74, 6) is 14.7. The van der Waals surface area contributed by atoms with Crippen LogP contribution in [0.3, 0.4) is 0 Å². The van der Waals surface area contributed by atoms with Gasteiger partial charge in [-0.15, -0.1) is 47.0 Å². The van der Waals surface area contributed by atoms with E-state index in [1.165, 1.54) is 72.4 Å². The summed E-state index contributed by atoms with van der Waals surface area (Å²) >= 11 is 7.41. The number of hydrogen-bond donors (Lipinski definition) is 2. The van der Waals surface area contributed by atoms with Crippen LogP contribution in [0.5, 0.6) is 0 Å². The molecule has 0 amide bonds. The minimum absolute atomic E-state index is 0.405. The lowest BCUT2D eigenvalue weighted by Crippen LogP contribution is -2.36. The highest BCUT2D eigenvalue weighted by Crippen LogP contribution is 2.23. The number of thioether (sulfide) groups is 4. The maximum Gasteiger partial charge on any atom is 0.169 e. The molecule has 17 heteroatoms. The third kappa shape index (κ3) is 75.0. The van der Waals surface area contributed by atoms with E-state index in [-0.39, 0.29) is 0 Å². The number of allylic oxidation sites excluding steroid dienone is 1. The fraction of sp³-hybridized carbons (Fsp3) is 0.878. The highest BCUT2D eigenvalue weighted by atomic mass is 32.2. The second kappa shape index (κ2) is 91.6. The number of ether oxygens (including phenoxy) is 3. The van der Waals surface area contributed by atoms with Crippen LogP contribution in [0.1, 0.15) is 294 Å². The van der Waals surface area contributed by atoms with E-state index in [4.69, 9.17) is 14.2 Å². The molecule has 0 saturated carbocycles. The predicted octanol–water partition coefficient (Wildman–Crippen LogP) is 24.8. The lowest BCUT2D eigenvalue weighted by molar-refractivity contribution is 0.130. The Bertz CT molecular complexity index is 1610. The Morgan fingerprint density at radius 1 is 0.444 bits per heavy atom. The van der Waals surface area contributed by atoms with Crippen LogP contribution < -0.4 is 10.6 Å². The van der Waals surface area contributed by atoms with E-state index in [9.17, 15) is 0 Å². The van der Waals surface area contributed by atoms with Crippen molar-refractivity contribution in [2.24, 2.45) is 111 Å². The first-order valence-electron chi connectivity index (χ1n) is 40.3. The van der Waals surface area contributed by atoms with E-state index in [0.717, 1.165) is 107 Å². The minimum Gasteiger partial charge on any atom is -0.501 e. The molecule has 0 fully saturated rings. The van der Waals surface area contributed by atoms with E-state index >= 15 is 0 Å². The van der Waals surface area contributed by atoms with Crippen LogP contribution in [-0.4, -0.2) is 153 Å². The maximum atomic E-state index is 5.25. The molecular weight excluding hydrogens is 1300 g/mol. The summed E-state index contributed by atoms with van der Waals surface area (Å²) in [4.78, 5) is 33.8. The van der Waals surface area contributed by atoms with Gasteiger partial charge in [0, 0.05) is 99.0 Å². The summed E-state index contributed by atoms with van der Waals surface area (Å²) in [7, 11) is 0. The Morgan fingerprint density at radius 2 is 0.970 bits per heavy atom. The van der Waals surface area contributed by atoms with Crippen molar-refractivity contribution in [2.75, 3.05) is 82.0 Å². The van der Waals surface area contributed by atoms with Crippen molar-refractivity contribution in [2.45, 2.75) is 318 Å². The van der Waals surface area contributed by atoms with Gasteiger partial charge in [-0.25, -0.2) is 0 Å². The molecule has 2 N–H and O–H groups in total. The Kier molecular flexibility index (Phi) is 106. The fourth-order valence-electron chi connectivity index (χ4n) is 8.41. The molecule has 594 valence electrons. The van der Waals surface area contributed by atoms with Gasteiger partial charge in [0.25, 0.3) is 0 Å². The Balaban J connectivity index is -0.000000128. The first-order chi connectivity index (χ1) is 47.7. The first kappa shape index (κ1) is 115. The average Bonchev–Trinajstić information content (AvgIpc) is 3.85. The summed E-state index contributed by atoms with van der Waals surface area (Å²) in [5.41, 5.74) is 5.96. The molecule has 0 radical (unpaired) electrons. The van der Waals surface area contributed by atoms with Gasteiger partial charge in [0.05, 0.1) is 65.4 Å².